The van der Waals surface area contributed by atoms with Gasteiger partial charge in [0.15, 0.2) is 28.8 Å². The Morgan fingerprint density at radius 1 is 1.24 bits per heavy atom. The fourth-order valence-electron chi connectivity index (χ4n) is 2.93. The third-order valence-corrected chi connectivity index (χ3v) is 10.1. The number of nitrogen functional groups attached to an aromatic ring is 1. The third kappa shape index (κ3) is 6.43. The minimum Gasteiger partial charge on any atom is -0.443 e. The molecule has 1 fully saturated rings. The lowest BCUT2D eigenvalue weighted by Gasteiger charge is -2.30. The summed E-state index contributed by atoms with van der Waals surface area (Å²) in [4.78, 5) is 39.4. The molecule has 183 valence electrons. The van der Waals surface area contributed by atoms with Crippen molar-refractivity contribution in [3.8, 4) is 0 Å². The van der Waals surface area contributed by atoms with Crippen LogP contribution in [0.25, 0.3) is 11.2 Å². The number of nitrogens with zero attached hydrogens (tertiary/aromatic N) is 4. The maximum Gasteiger partial charge on any atom is 0.344 e. The third-order valence-electron chi connectivity index (χ3n) is 4.24. The maximum atomic E-state index is 12.2. The highest BCUT2D eigenvalue weighted by atomic mass is 32.2. The summed E-state index contributed by atoms with van der Waals surface area (Å²) in [5.41, 5.74) is 6.28. The summed E-state index contributed by atoms with van der Waals surface area (Å²) in [6.07, 6.45) is -2.74. The van der Waals surface area contributed by atoms with Gasteiger partial charge in [0.2, 0.25) is 0 Å². The average Bonchev–Trinajstić information content (AvgIpc) is 3.19. The van der Waals surface area contributed by atoms with E-state index in [4.69, 9.17) is 32.3 Å². The first-order chi connectivity index (χ1) is 15.1. The molecule has 3 heterocycles. The second kappa shape index (κ2) is 9.65. The Bertz CT molecular complexity index is 1180. The van der Waals surface area contributed by atoms with E-state index < -0.39 is 59.7 Å². The van der Waals surface area contributed by atoms with Gasteiger partial charge in [0.25, 0.3) is 0 Å². The van der Waals surface area contributed by atoms with Crippen LogP contribution in [0.3, 0.4) is 0 Å². The summed E-state index contributed by atoms with van der Waals surface area (Å²) in [7, 11) is -9.69. The molecular formula is C12H19BN5O11P3S-. The second-order valence-electron chi connectivity index (χ2n) is 6.83. The van der Waals surface area contributed by atoms with E-state index in [0.717, 1.165) is 0 Å². The molecule has 16 nitrogen and oxygen atoms in total. The van der Waals surface area contributed by atoms with E-state index in [1.807, 2.05) is 0 Å². The van der Waals surface area contributed by atoms with Gasteiger partial charge in [-0.25, -0.2) is 15.0 Å². The van der Waals surface area contributed by atoms with Crippen molar-refractivity contribution in [2.45, 2.75) is 29.7 Å². The zero-order valence-electron chi connectivity index (χ0n) is 16.7. The Kier molecular flexibility index (Phi) is 7.82. The first-order valence-corrected chi connectivity index (χ1v) is 15.2. The highest BCUT2D eigenvalue weighted by Crippen LogP contribution is 2.64. The zero-order chi connectivity index (χ0) is 24.8. The first kappa shape index (κ1) is 26.7. The number of thioether (sulfide) groups is 1. The van der Waals surface area contributed by atoms with Gasteiger partial charge >= 0.3 is 15.2 Å². The molecule has 33 heavy (non-hydrogen) atoms. The maximum absolute atomic E-state index is 12.2. The molecule has 1 aliphatic rings. The molecule has 3 radical (unpaired) electrons. The lowest BCUT2D eigenvalue weighted by atomic mass is 10.1. The van der Waals surface area contributed by atoms with Crippen molar-refractivity contribution >= 4 is 59.0 Å². The molecule has 7 N–H and O–H groups in total. The van der Waals surface area contributed by atoms with Gasteiger partial charge in [-0.15, -0.1) is 0 Å². The summed E-state index contributed by atoms with van der Waals surface area (Å²) >= 11 is 1.21. The molecule has 3 rings (SSSR count). The molecule has 0 spiro atoms. The average molecular weight is 545 g/mol. The first-order valence-electron chi connectivity index (χ1n) is 8.79. The Morgan fingerprint density at radius 2 is 1.91 bits per heavy atom. The van der Waals surface area contributed by atoms with Crippen molar-refractivity contribution in [1.29, 1.82) is 0 Å². The van der Waals surface area contributed by atoms with Gasteiger partial charge in [-0.2, -0.15) is 0 Å². The van der Waals surface area contributed by atoms with Gasteiger partial charge in [-0.1, -0.05) is 11.8 Å². The molecule has 2 aromatic heterocycles. The summed E-state index contributed by atoms with van der Waals surface area (Å²) in [6, 6.07) is 0. The van der Waals surface area contributed by atoms with Gasteiger partial charge in [0, 0.05) is 0 Å². The normalized spacial score (nSPS) is 27.5. The molecule has 21 heteroatoms. The summed E-state index contributed by atoms with van der Waals surface area (Å²) in [5, 5.41) is 21.1. The zero-order valence-corrected chi connectivity index (χ0v) is 20.2. The van der Waals surface area contributed by atoms with Gasteiger partial charge in [0.05, 0.1) is 20.4 Å². The predicted molar refractivity (Wildman–Crippen MR) is 115 cm³/mol. The fraction of sp³-hybridized carbons (Fsp3) is 0.583. The fourth-order valence-corrected chi connectivity index (χ4v) is 7.80. The molecule has 2 unspecified atom stereocenters. The van der Waals surface area contributed by atoms with Gasteiger partial charge in [-0.3, -0.25) is 18.0 Å². The molecule has 0 aromatic carbocycles. The van der Waals surface area contributed by atoms with Crippen molar-refractivity contribution in [3.05, 3.63) is 6.33 Å². The number of hydrogen-bond acceptors (Lipinski definition) is 13. The van der Waals surface area contributed by atoms with Crippen LogP contribution >= 0.6 is 34.4 Å². The number of anilines is 1. The Balaban J connectivity index is 1.73. The van der Waals surface area contributed by atoms with Crippen molar-refractivity contribution in [3.63, 3.8) is 0 Å². The van der Waals surface area contributed by atoms with Crippen LogP contribution in [0.5, 0.6) is 0 Å². The van der Waals surface area contributed by atoms with Gasteiger partial charge in [-0.05, 0) is 6.26 Å². The summed E-state index contributed by atoms with van der Waals surface area (Å²) in [6.45, 7) is -0.780. The smallest absolute Gasteiger partial charge is 0.344 e. The predicted octanol–water partition coefficient (Wildman–Crippen LogP) is -0.620. The largest absolute Gasteiger partial charge is 0.443 e. The van der Waals surface area contributed by atoms with E-state index in [0.29, 0.717) is 5.16 Å². The minimum absolute atomic E-state index is 0.0842. The quantitative estimate of drug-likeness (QED) is 0.0994. The van der Waals surface area contributed by atoms with Crippen LogP contribution < -0.4 is 5.73 Å². The molecule has 1 aliphatic heterocycles. The number of hydrogen-bond donors (Lipinski definition) is 6. The molecule has 1 saturated heterocycles. The number of nitrogens with two attached hydrogens (primary N) is 1. The number of aliphatic hydroxyl groups excluding tert-OH is 2. The van der Waals surface area contributed by atoms with Crippen LogP contribution in [0.2, 0.25) is 0 Å². The number of aromatic nitrogens is 4. The molecular weight excluding hydrogens is 526 g/mol. The van der Waals surface area contributed by atoms with Crippen LogP contribution in [0.1, 0.15) is 6.23 Å². The van der Waals surface area contributed by atoms with Crippen molar-refractivity contribution < 1.29 is 52.2 Å². The highest BCUT2D eigenvalue weighted by Gasteiger charge is 2.45. The van der Waals surface area contributed by atoms with E-state index in [-0.39, 0.29) is 17.0 Å². The number of imidazole rings is 1. The van der Waals surface area contributed by atoms with Crippen molar-refractivity contribution in [2.24, 2.45) is 0 Å². The molecule has 0 saturated carbocycles. The van der Waals surface area contributed by atoms with Gasteiger partial charge < -0.3 is 52.0 Å². The Morgan fingerprint density at radius 3 is 2.52 bits per heavy atom. The van der Waals surface area contributed by atoms with Crippen LogP contribution in [-0.2, 0) is 27.3 Å². The van der Waals surface area contributed by atoms with E-state index in [9.17, 15) is 28.8 Å². The van der Waals surface area contributed by atoms with Crippen LogP contribution in [0, 0.1) is 0 Å². The minimum atomic E-state index is -5.09. The molecule has 0 bridgehead atoms. The van der Waals surface area contributed by atoms with Crippen LogP contribution in [0.4, 0.5) is 5.82 Å². The van der Waals surface area contributed by atoms with Crippen LogP contribution in [0.15, 0.2) is 11.5 Å². The Labute approximate surface area is 191 Å². The van der Waals surface area contributed by atoms with E-state index in [1.54, 1.807) is 6.26 Å². The van der Waals surface area contributed by atoms with E-state index >= 15 is 0 Å². The summed E-state index contributed by atoms with van der Waals surface area (Å²) in [5.74, 6) is -1.55. The highest BCUT2D eigenvalue weighted by molar-refractivity contribution is 7.98. The number of fused-ring (bicyclic) bond motifs is 1. The lowest BCUT2D eigenvalue weighted by molar-refractivity contribution is -0.0478. The van der Waals surface area contributed by atoms with Crippen LogP contribution in [-0.4, -0.2) is 89.1 Å². The van der Waals surface area contributed by atoms with E-state index in [2.05, 4.69) is 19.3 Å². The van der Waals surface area contributed by atoms with Crippen molar-refractivity contribution in [2.75, 3.05) is 24.5 Å². The SMILES string of the molecule is [B-]P(=O)(OC[C@H]1O[C@@H](n2cnc3c(N)nc(SC)nc32)[C@H](O)[C@@H]1O)OP(=O)(O)CP(=O)(O)O. The summed E-state index contributed by atoms with van der Waals surface area (Å²) < 4.78 is 50.6. The monoisotopic (exact) mass is 545 g/mol. The number of aliphatic hydroxyl groups is 2. The standard InChI is InChI=1S/C12H19BN5O11P3S/c1-33-12-16-9(14)6-10(17-12)18(3-15-6)11-8(20)7(19)5(28-11)2-27-32(13,26)29-31(24,25)4-30(21,22)23/h3,5,7-8,11,19-20H,2,4H2,1H3,(H,24,25)(H2,14,16,17)(H2,21,22,23)/q-1/t5-,7-,8-,11-,32?/m1/s1. The molecule has 6 atom stereocenters. The Hall–Kier alpha value is -0.865. The molecule has 0 amide bonds. The topological polar surface area (TPSA) is 250 Å². The molecule has 0 aliphatic carbocycles. The second-order valence-corrected chi connectivity index (χ2v) is 13.3. The van der Waals surface area contributed by atoms with E-state index in [1.165, 1.54) is 22.7 Å². The van der Waals surface area contributed by atoms with Crippen molar-refractivity contribution in [1.82, 2.24) is 19.5 Å². The number of rotatable bonds is 9. The molecule has 2 aromatic rings. The lowest BCUT2D eigenvalue weighted by Crippen LogP contribution is -2.33. The van der Waals surface area contributed by atoms with Gasteiger partial charge in [0.1, 0.15) is 23.8 Å². The number of ether oxygens (including phenoxy) is 1.